The van der Waals surface area contributed by atoms with Gasteiger partial charge in [0, 0.05) is 44.4 Å². The molecule has 0 aliphatic carbocycles. The predicted octanol–water partition coefficient (Wildman–Crippen LogP) is 2.92. The molecule has 3 rings (SSSR count). The molecule has 2 aromatic rings. The largest absolute Gasteiger partial charge is 0.355 e. The summed E-state index contributed by atoms with van der Waals surface area (Å²) in [6.07, 6.45) is 4.53. The summed E-state index contributed by atoms with van der Waals surface area (Å²) in [5.74, 6) is -0.118. The number of benzene rings is 1. The third kappa shape index (κ3) is 4.90. The molecule has 0 saturated carbocycles. The van der Waals surface area contributed by atoms with Crippen LogP contribution in [0.5, 0.6) is 0 Å². The third-order valence-electron chi connectivity index (χ3n) is 5.01. The van der Waals surface area contributed by atoms with Crippen LogP contribution in [0, 0.1) is 5.82 Å². The van der Waals surface area contributed by atoms with E-state index in [-0.39, 0.29) is 23.5 Å². The monoisotopic (exact) mass is 369 g/mol. The molecule has 1 aromatic carbocycles. The zero-order valence-electron chi connectivity index (χ0n) is 15.5. The number of likely N-dealkylation sites (tertiary alicyclic amines) is 1. The number of carbonyl (C=O) groups excluding carboxylic acids is 2. The highest BCUT2D eigenvalue weighted by Crippen LogP contribution is 2.26. The lowest BCUT2D eigenvalue weighted by Gasteiger charge is -2.32. The van der Waals surface area contributed by atoms with Crippen LogP contribution in [0.15, 0.2) is 42.6 Å². The van der Waals surface area contributed by atoms with E-state index in [1.54, 1.807) is 31.4 Å². The second-order valence-corrected chi connectivity index (χ2v) is 6.86. The van der Waals surface area contributed by atoms with Gasteiger partial charge < -0.3 is 10.2 Å². The maximum absolute atomic E-state index is 13.0. The van der Waals surface area contributed by atoms with Gasteiger partial charge in [-0.1, -0.05) is 12.1 Å². The number of piperidine rings is 1. The average molecular weight is 369 g/mol. The minimum Gasteiger partial charge on any atom is -0.355 e. The van der Waals surface area contributed by atoms with Crippen molar-refractivity contribution in [1.29, 1.82) is 0 Å². The SMILES string of the molecule is CNC(=O)c1ccc([C@@H]2CCCN(C(=O)CCc3ccc(F)cc3)C2)nc1. The number of aromatic nitrogens is 1. The van der Waals surface area contributed by atoms with Gasteiger partial charge in [-0.25, -0.2) is 4.39 Å². The molecule has 1 fully saturated rings. The van der Waals surface area contributed by atoms with Gasteiger partial charge in [0.15, 0.2) is 0 Å². The number of pyridine rings is 1. The van der Waals surface area contributed by atoms with Gasteiger partial charge in [-0.2, -0.15) is 0 Å². The highest BCUT2D eigenvalue weighted by molar-refractivity contribution is 5.93. The van der Waals surface area contributed by atoms with Gasteiger partial charge in [-0.3, -0.25) is 14.6 Å². The topological polar surface area (TPSA) is 62.3 Å². The van der Waals surface area contributed by atoms with E-state index >= 15 is 0 Å². The summed E-state index contributed by atoms with van der Waals surface area (Å²) in [5.41, 5.74) is 2.41. The Morgan fingerprint density at radius 3 is 2.67 bits per heavy atom. The molecule has 0 unspecified atom stereocenters. The van der Waals surface area contributed by atoms with Gasteiger partial charge in [-0.15, -0.1) is 0 Å². The number of rotatable bonds is 5. The van der Waals surface area contributed by atoms with Crippen LogP contribution in [-0.2, 0) is 11.2 Å². The lowest BCUT2D eigenvalue weighted by atomic mass is 9.93. The molecule has 2 heterocycles. The number of amides is 2. The number of halogens is 1. The Morgan fingerprint density at radius 1 is 1.22 bits per heavy atom. The molecule has 5 nitrogen and oxygen atoms in total. The van der Waals surface area contributed by atoms with Crippen molar-refractivity contribution >= 4 is 11.8 Å². The summed E-state index contributed by atoms with van der Waals surface area (Å²) in [5, 5.41) is 2.58. The number of nitrogens with one attached hydrogen (secondary N) is 1. The van der Waals surface area contributed by atoms with Crippen LogP contribution in [0.25, 0.3) is 0 Å². The molecule has 1 aromatic heterocycles. The summed E-state index contributed by atoms with van der Waals surface area (Å²) in [6, 6.07) is 9.94. The molecule has 0 spiro atoms. The lowest BCUT2D eigenvalue weighted by Crippen LogP contribution is -2.39. The Hall–Kier alpha value is -2.76. The maximum atomic E-state index is 13.0. The van der Waals surface area contributed by atoms with Crippen LogP contribution in [0.1, 0.15) is 46.8 Å². The minimum absolute atomic E-state index is 0.117. The molecule has 1 atom stereocenters. The Labute approximate surface area is 158 Å². The molecule has 0 radical (unpaired) electrons. The molecule has 1 saturated heterocycles. The van der Waals surface area contributed by atoms with Crippen molar-refractivity contribution in [3.8, 4) is 0 Å². The van der Waals surface area contributed by atoms with Crippen molar-refractivity contribution in [3.05, 3.63) is 65.2 Å². The quantitative estimate of drug-likeness (QED) is 0.881. The van der Waals surface area contributed by atoms with Crippen LogP contribution in [0.3, 0.4) is 0 Å². The first kappa shape index (κ1) is 19.0. The molecular weight excluding hydrogens is 345 g/mol. The molecule has 2 amide bonds. The fraction of sp³-hybridized carbons (Fsp3) is 0.381. The van der Waals surface area contributed by atoms with Crippen molar-refractivity contribution in [2.24, 2.45) is 0 Å². The fourth-order valence-electron chi connectivity index (χ4n) is 3.43. The van der Waals surface area contributed by atoms with Crippen LogP contribution in [-0.4, -0.2) is 41.8 Å². The fourth-order valence-corrected chi connectivity index (χ4v) is 3.43. The highest BCUT2D eigenvalue weighted by atomic mass is 19.1. The second-order valence-electron chi connectivity index (χ2n) is 6.86. The molecule has 1 aliphatic heterocycles. The van der Waals surface area contributed by atoms with E-state index in [4.69, 9.17) is 0 Å². The van der Waals surface area contributed by atoms with Crippen molar-refractivity contribution in [1.82, 2.24) is 15.2 Å². The van der Waals surface area contributed by atoms with E-state index in [1.165, 1.54) is 12.1 Å². The average Bonchev–Trinajstić information content (AvgIpc) is 2.72. The molecule has 27 heavy (non-hydrogen) atoms. The van der Waals surface area contributed by atoms with Gasteiger partial charge in [0.25, 0.3) is 5.91 Å². The Morgan fingerprint density at radius 2 is 2.00 bits per heavy atom. The van der Waals surface area contributed by atoms with Gasteiger partial charge >= 0.3 is 0 Å². The van der Waals surface area contributed by atoms with E-state index in [9.17, 15) is 14.0 Å². The molecule has 142 valence electrons. The van der Waals surface area contributed by atoms with E-state index < -0.39 is 0 Å². The van der Waals surface area contributed by atoms with Gasteiger partial charge in [0.2, 0.25) is 5.91 Å². The van der Waals surface area contributed by atoms with Crippen LogP contribution in [0.4, 0.5) is 4.39 Å². The van der Waals surface area contributed by atoms with Gasteiger partial charge in [0.05, 0.1) is 5.56 Å². The van der Waals surface area contributed by atoms with Crippen molar-refractivity contribution < 1.29 is 14.0 Å². The second kappa shape index (κ2) is 8.75. The van der Waals surface area contributed by atoms with Crippen LogP contribution in [0.2, 0.25) is 0 Å². The van der Waals surface area contributed by atoms with Gasteiger partial charge in [0.1, 0.15) is 5.82 Å². The Balaban J connectivity index is 1.57. The number of aryl methyl sites for hydroxylation is 1. The van der Waals surface area contributed by atoms with Gasteiger partial charge in [-0.05, 0) is 49.1 Å². The first-order chi connectivity index (χ1) is 13.1. The molecule has 6 heteroatoms. The first-order valence-corrected chi connectivity index (χ1v) is 9.27. The summed E-state index contributed by atoms with van der Waals surface area (Å²) >= 11 is 0. The van der Waals surface area contributed by atoms with E-state index in [0.717, 1.165) is 30.6 Å². The molecular formula is C21H24FN3O2. The zero-order chi connectivity index (χ0) is 19.2. The van der Waals surface area contributed by atoms with Crippen molar-refractivity contribution in [3.63, 3.8) is 0 Å². The minimum atomic E-state index is -0.265. The summed E-state index contributed by atoms with van der Waals surface area (Å²) in [6.45, 7) is 1.41. The normalized spacial score (nSPS) is 16.8. The summed E-state index contributed by atoms with van der Waals surface area (Å²) in [4.78, 5) is 30.5. The van der Waals surface area contributed by atoms with Crippen LogP contribution >= 0.6 is 0 Å². The zero-order valence-corrected chi connectivity index (χ0v) is 15.5. The maximum Gasteiger partial charge on any atom is 0.252 e. The molecule has 0 bridgehead atoms. The number of hydrogen-bond acceptors (Lipinski definition) is 3. The summed E-state index contributed by atoms with van der Waals surface area (Å²) < 4.78 is 13.0. The first-order valence-electron chi connectivity index (χ1n) is 9.27. The standard InChI is InChI=1S/C21H24FN3O2/c1-23-21(27)16-7-10-19(24-13-16)17-3-2-12-25(14-17)20(26)11-6-15-4-8-18(22)9-5-15/h4-5,7-10,13,17H,2-3,6,11-12,14H2,1H3,(H,23,27)/t17-/m1/s1. The van der Waals surface area contributed by atoms with Crippen molar-refractivity contribution in [2.75, 3.05) is 20.1 Å². The summed E-state index contributed by atoms with van der Waals surface area (Å²) in [7, 11) is 1.59. The number of nitrogens with zero attached hydrogens (tertiary/aromatic N) is 2. The molecule has 1 aliphatic rings. The van der Waals surface area contributed by atoms with E-state index in [0.29, 0.717) is 24.9 Å². The van der Waals surface area contributed by atoms with Crippen LogP contribution < -0.4 is 5.32 Å². The Bertz CT molecular complexity index is 790. The lowest BCUT2D eigenvalue weighted by molar-refractivity contribution is -0.132. The highest BCUT2D eigenvalue weighted by Gasteiger charge is 2.25. The molecule has 1 N–H and O–H groups in total. The van der Waals surface area contributed by atoms with Crippen molar-refractivity contribution in [2.45, 2.75) is 31.6 Å². The third-order valence-corrected chi connectivity index (χ3v) is 5.01. The van der Waals surface area contributed by atoms with E-state index in [1.807, 2.05) is 11.0 Å². The predicted molar refractivity (Wildman–Crippen MR) is 101 cm³/mol. The number of carbonyl (C=O) groups is 2. The Kier molecular flexibility index (Phi) is 6.16. The van der Waals surface area contributed by atoms with E-state index in [2.05, 4.69) is 10.3 Å². The number of hydrogen-bond donors (Lipinski definition) is 1. The smallest absolute Gasteiger partial charge is 0.252 e.